The van der Waals surface area contributed by atoms with E-state index in [9.17, 15) is 13.2 Å². The van der Waals surface area contributed by atoms with Gasteiger partial charge in [-0.25, -0.2) is 8.42 Å². The van der Waals surface area contributed by atoms with Gasteiger partial charge in [0, 0.05) is 22.9 Å². The van der Waals surface area contributed by atoms with Gasteiger partial charge in [-0.3, -0.25) is 9.48 Å². The molecule has 2 aromatic carbocycles. The molecule has 0 N–H and O–H groups in total. The second-order valence-corrected chi connectivity index (χ2v) is 10.9. The smallest absolute Gasteiger partial charge is 0.311 e. The summed E-state index contributed by atoms with van der Waals surface area (Å²) in [6.07, 6.45) is 0.0525. The van der Waals surface area contributed by atoms with Gasteiger partial charge in [-0.15, -0.1) is 0 Å². The average molecular weight is 536 g/mol. The highest BCUT2D eigenvalue weighted by atomic mass is 79.9. The minimum Gasteiger partial charge on any atom is -0.494 e. The number of carbonyl (C=O) groups excluding carboxylic acids is 1. The van der Waals surface area contributed by atoms with Crippen molar-refractivity contribution in [2.45, 2.75) is 31.2 Å². The number of carbonyl (C=O) groups is 1. The molecule has 8 nitrogen and oxygen atoms in total. The van der Waals surface area contributed by atoms with Crippen molar-refractivity contribution in [3.05, 3.63) is 52.6 Å². The molecule has 0 saturated carbocycles. The maximum Gasteiger partial charge on any atom is 0.311 e. The van der Waals surface area contributed by atoms with Gasteiger partial charge in [0.15, 0.2) is 0 Å². The minimum absolute atomic E-state index is 0.0236. The summed E-state index contributed by atoms with van der Waals surface area (Å²) in [5.74, 6) is 0.287. The number of rotatable bonds is 7. The third-order valence-corrected chi connectivity index (χ3v) is 8.25. The van der Waals surface area contributed by atoms with Crippen LogP contribution in [0.3, 0.4) is 0 Å². The van der Waals surface area contributed by atoms with Crippen LogP contribution in [0.2, 0.25) is 0 Å². The van der Waals surface area contributed by atoms with Crippen molar-refractivity contribution in [2.75, 3.05) is 26.8 Å². The van der Waals surface area contributed by atoms with Crippen LogP contribution in [0.1, 0.15) is 25.6 Å². The van der Waals surface area contributed by atoms with Gasteiger partial charge >= 0.3 is 5.97 Å². The number of aromatic nitrogens is 2. The monoisotopic (exact) mass is 535 g/mol. The summed E-state index contributed by atoms with van der Waals surface area (Å²) in [6.45, 7) is 5.08. The van der Waals surface area contributed by atoms with Crippen LogP contribution in [-0.2, 0) is 26.0 Å². The van der Waals surface area contributed by atoms with E-state index in [0.717, 1.165) is 15.4 Å². The lowest BCUT2D eigenvalue weighted by Gasteiger charge is -2.18. The van der Waals surface area contributed by atoms with Crippen LogP contribution in [-0.4, -0.2) is 55.3 Å². The molecule has 1 fully saturated rings. The quantitative estimate of drug-likeness (QED) is 0.427. The number of esters is 1. The predicted octanol–water partition coefficient (Wildman–Crippen LogP) is 3.79. The van der Waals surface area contributed by atoms with Crippen LogP contribution in [0.25, 0.3) is 10.9 Å². The number of fused-ring (bicyclic) bond motifs is 1. The zero-order valence-electron chi connectivity index (χ0n) is 18.7. The molecule has 0 unspecified atom stereocenters. The zero-order chi connectivity index (χ0) is 23.8. The lowest BCUT2D eigenvalue weighted by molar-refractivity contribution is -0.139. The molecule has 1 saturated heterocycles. The molecule has 1 aromatic heterocycles. The zero-order valence-corrected chi connectivity index (χ0v) is 21.1. The van der Waals surface area contributed by atoms with E-state index in [-0.39, 0.29) is 35.8 Å². The molecule has 176 valence electrons. The van der Waals surface area contributed by atoms with Crippen LogP contribution >= 0.6 is 15.9 Å². The number of sulfonamides is 1. The molecule has 0 radical (unpaired) electrons. The highest BCUT2D eigenvalue weighted by Gasteiger charge is 2.39. The first kappa shape index (κ1) is 23.7. The van der Waals surface area contributed by atoms with Gasteiger partial charge in [-0.2, -0.15) is 9.40 Å². The Morgan fingerprint density at radius 2 is 1.91 bits per heavy atom. The Kier molecular flexibility index (Phi) is 6.78. The van der Waals surface area contributed by atoms with Crippen molar-refractivity contribution in [2.24, 2.45) is 5.92 Å². The molecule has 1 aliphatic heterocycles. The first-order valence-corrected chi connectivity index (χ1v) is 12.9. The van der Waals surface area contributed by atoms with E-state index in [2.05, 4.69) is 15.9 Å². The summed E-state index contributed by atoms with van der Waals surface area (Å²) in [5, 5.41) is 5.58. The van der Waals surface area contributed by atoms with Gasteiger partial charge in [-0.1, -0.05) is 22.9 Å². The number of halogens is 1. The third kappa shape index (κ3) is 4.64. The molecule has 0 spiro atoms. The maximum absolute atomic E-state index is 13.3. The molecule has 1 aliphatic rings. The van der Waals surface area contributed by atoms with Crippen molar-refractivity contribution >= 4 is 42.8 Å². The number of hydrogen-bond acceptors (Lipinski definition) is 6. The van der Waals surface area contributed by atoms with Gasteiger partial charge in [0.1, 0.15) is 5.75 Å². The summed E-state index contributed by atoms with van der Waals surface area (Å²) in [5.41, 5.74) is 1.46. The van der Waals surface area contributed by atoms with Crippen molar-refractivity contribution in [1.29, 1.82) is 0 Å². The van der Waals surface area contributed by atoms with Crippen LogP contribution in [0.15, 0.2) is 51.8 Å². The van der Waals surface area contributed by atoms with Gasteiger partial charge in [0.05, 0.1) is 42.3 Å². The van der Waals surface area contributed by atoms with E-state index >= 15 is 0 Å². The van der Waals surface area contributed by atoms with Crippen molar-refractivity contribution in [3.8, 4) is 5.75 Å². The Morgan fingerprint density at radius 3 is 2.58 bits per heavy atom. The second-order valence-electron chi connectivity index (χ2n) is 8.08. The van der Waals surface area contributed by atoms with Crippen molar-refractivity contribution in [3.63, 3.8) is 0 Å². The van der Waals surface area contributed by atoms with Crippen molar-refractivity contribution in [1.82, 2.24) is 14.1 Å². The normalized spacial score (nSPS) is 19.2. The molecular formula is C23H26BrN3O5S. The van der Waals surface area contributed by atoms with E-state index in [4.69, 9.17) is 14.6 Å². The standard InChI is InChI=1S/C23H26BrN3O5S/c1-4-32-17-6-8-18(9-7-17)33(29,30)26-13-15(2)22(14-26)27-21-11-16(24)5-10-19(21)20(25-27)12-23(28)31-3/h5-11,15,22H,4,12-14H2,1-3H3/t15-,22+/m1/s1. The first-order chi connectivity index (χ1) is 15.7. The van der Waals surface area contributed by atoms with Crippen LogP contribution in [0.4, 0.5) is 0 Å². The maximum atomic E-state index is 13.3. The fraction of sp³-hybridized carbons (Fsp3) is 0.391. The van der Waals surface area contributed by atoms with Crippen LogP contribution < -0.4 is 4.74 Å². The predicted molar refractivity (Wildman–Crippen MR) is 128 cm³/mol. The molecule has 33 heavy (non-hydrogen) atoms. The molecule has 2 heterocycles. The van der Waals surface area contributed by atoms with E-state index < -0.39 is 10.0 Å². The molecule has 2 atom stereocenters. The fourth-order valence-corrected chi connectivity index (χ4v) is 6.12. The summed E-state index contributed by atoms with van der Waals surface area (Å²) in [7, 11) is -2.32. The molecule has 10 heteroatoms. The van der Waals surface area contributed by atoms with Gasteiger partial charge in [0.25, 0.3) is 0 Å². The second kappa shape index (κ2) is 9.44. The number of nitrogens with zero attached hydrogens (tertiary/aromatic N) is 3. The summed E-state index contributed by atoms with van der Waals surface area (Å²) < 4.78 is 41.1. The Morgan fingerprint density at radius 1 is 1.18 bits per heavy atom. The van der Waals surface area contributed by atoms with Gasteiger partial charge < -0.3 is 9.47 Å². The molecule has 0 aliphatic carbocycles. The number of hydrogen-bond donors (Lipinski definition) is 0. The van der Waals surface area contributed by atoms with Gasteiger partial charge in [0.2, 0.25) is 10.0 Å². The van der Waals surface area contributed by atoms with Crippen LogP contribution in [0, 0.1) is 5.92 Å². The Labute approximate surface area is 201 Å². The van der Waals surface area contributed by atoms with E-state index in [1.165, 1.54) is 11.4 Å². The molecule has 4 rings (SSSR count). The minimum atomic E-state index is -3.67. The Hall–Kier alpha value is -2.43. The molecule has 3 aromatic rings. The molecule has 0 amide bonds. The van der Waals surface area contributed by atoms with E-state index in [0.29, 0.717) is 24.6 Å². The van der Waals surface area contributed by atoms with E-state index in [1.807, 2.05) is 36.7 Å². The number of benzene rings is 2. The third-order valence-electron chi connectivity index (χ3n) is 5.91. The lowest BCUT2D eigenvalue weighted by Crippen LogP contribution is -2.29. The fourth-order valence-electron chi connectivity index (χ4n) is 4.21. The average Bonchev–Trinajstić information content (AvgIpc) is 3.34. The highest BCUT2D eigenvalue weighted by Crippen LogP contribution is 2.35. The SMILES string of the molecule is CCOc1ccc(S(=O)(=O)N2C[C@@H](C)[C@@H](n3nc(CC(=O)OC)c4ccc(Br)cc43)C2)cc1. The number of ether oxygens (including phenoxy) is 2. The lowest BCUT2D eigenvalue weighted by atomic mass is 10.1. The van der Waals surface area contributed by atoms with Crippen LogP contribution in [0.5, 0.6) is 5.75 Å². The first-order valence-electron chi connectivity index (χ1n) is 10.7. The molecular weight excluding hydrogens is 510 g/mol. The Balaban J connectivity index is 1.66. The summed E-state index contributed by atoms with van der Waals surface area (Å²) >= 11 is 3.51. The van der Waals surface area contributed by atoms with E-state index in [1.54, 1.807) is 24.3 Å². The summed E-state index contributed by atoms with van der Waals surface area (Å²) in [6, 6.07) is 12.1. The molecule has 0 bridgehead atoms. The summed E-state index contributed by atoms with van der Waals surface area (Å²) in [4.78, 5) is 12.1. The van der Waals surface area contributed by atoms with Gasteiger partial charge in [-0.05, 0) is 55.3 Å². The topological polar surface area (TPSA) is 90.7 Å². The number of methoxy groups -OCH3 is 1. The Bertz CT molecular complexity index is 1270. The van der Waals surface area contributed by atoms with Crippen molar-refractivity contribution < 1.29 is 22.7 Å². The highest BCUT2D eigenvalue weighted by molar-refractivity contribution is 9.10. The largest absolute Gasteiger partial charge is 0.494 e.